The minimum absolute atomic E-state index is 0.136. The number of hydrogen-bond donors (Lipinski definition) is 2. The third-order valence-corrected chi connectivity index (χ3v) is 4.13. The molecule has 0 aliphatic rings. The molecule has 0 radical (unpaired) electrons. The standard InChI is InChI=1S/C18H11Cl2F2N3O/c19-14-3-1-11(6-15(14)20)24-13-5-10(8-23-9-13)18(26)25-12-2-4-16(21)17(22)7-12/h1-9,24H,(H,25,26). The quantitative estimate of drug-likeness (QED) is 0.600. The van der Waals surface area contributed by atoms with Crippen LogP contribution >= 0.6 is 23.2 Å². The predicted molar refractivity (Wildman–Crippen MR) is 98.3 cm³/mol. The summed E-state index contributed by atoms with van der Waals surface area (Å²) in [5, 5.41) is 6.35. The fourth-order valence-corrected chi connectivity index (χ4v) is 2.45. The van der Waals surface area contributed by atoms with Gasteiger partial charge in [-0.15, -0.1) is 0 Å². The van der Waals surface area contributed by atoms with Gasteiger partial charge in [0.1, 0.15) is 0 Å². The molecule has 2 N–H and O–H groups in total. The van der Waals surface area contributed by atoms with E-state index in [0.717, 1.165) is 12.1 Å². The van der Waals surface area contributed by atoms with E-state index in [4.69, 9.17) is 23.2 Å². The van der Waals surface area contributed by atoms with Crippen LogP contribution in [0.2, 0.25) is 10.0 Å². The summed E-state index contributed by atoms with van der Waals surface area (Å²) >= 11 is 11.8. The van der Waals surface area contributed by atoms with Gasteiger partial charge < -0.3 is 10.6 Å². The Morgan fingerprint density at radius 1 is 0.846 bits per heavy atom. The lowest BCUT2D eigenvalue weighted by molar-refractivity contribution is 0.102. The highest BCUT2D eigenvalue weighted by Crippen LogP contribution is 2.27. The van der Waals surface area contributed by atoms with Crippen molar-refractivity contribution in [2.45, 2.75) is 0 Å². The Hall–Kier alpha value is -2.70. The van der Waals surface area contributed by atoms with E-state index < -0.39 is 17.5 Å². The van der Waals surface area contributed by atoms with Crippen LogP contribution in [0.5, 0.6) is 0 Å². The van der Waals surface area contributed by atoms with Gasteiger partial charge in [-0.05, 0) is 36.4 Å². The highest BCUT2D eigenvalue weighted by Gasteiger charge is 2.10. The van der Waals surface area contributed by atoms with E-state index in [0.29, 0.717) is 21.4 Å². The first-order valence-corrected chi connectivity index (χ1v) is 8.11. The number of benzene rings is 2. The highest BCUT2D eigenvalue weighted by atomic mass is 35.5. The second-order valence-corrected chi connectivity index (χ2v) is 6.11. The summed E-state index contributed by atoms with van der Waals surface area (Å²) in [6, 6.07) is 9.66. The molecule has 0 fully saturated rings. The molecular formula is C18H11Cl2F2N3O. The van der Waals surface area contributed by atoms with E-state index in [1.54, 1.807) is 24.3 Å². The predicted octanol–water partition coefficient (Wildman–Crippen LogP) is 5.66. The number of halogens is 4. The molecule has 0 bridgehead atoms. The van der Waals surface area contributed by atoms with Crippen LogP contribution in [-0.2, 0) is 0 Å². The second-order valence-electron chi connectivity index (χ2n) is 5.30. The Morgan fingerprint density at radius 2 is 1.62 bits per heavy atom. The third-order valence-electron chi connectivity index (χ3n) is 3.39. The van der Waals surface area contributed by atoms with Gasteiger partial charge in [-0.2, -0.15) is 0 Å². The first-order chi connectivity index (χ1) is 12.4. The zero-order valence-corrected chi connectivity index (χ0v) is 14.6. The van der Waals surface area contributed by atoms with Crippen molar-refractivity contribution in [3.05, 3.63) is 82.1 Å². The number of amides is 1. The molecule has 8 heteroatoms. The van der Waals surface area contributed by atoms with Gasteiger partial charge >= 0.3 is 0 Å². The van der Waals surface area contributed by atoms with Crippen molar-refractivity contribution in [2.24, 2.45) is 0 Å². The lowest BCUT2D eigenvalue weighted by atomic mass is 10.2. The molecule has 0 aliphatic heterocycles. The average Bonchev–Trinajstić information content (AvgIpc) is 2.61. The summed E-state index contributed by atoms with van der Waals surface area (Å²) in [6.45, 7) is 0. The number of anilines is 3. The highest BCUT2D eigenvalue weighted by molar-refractivity contribution is 6.42. The molecule has 1 amide bonds. The minimum Gasteiger partial charge on any atom is -0.354 e. The van der Waals surface area contributed by atoms with Crippen molar-refractivity contribution < 1.29 is 13.6 Å². The number of hydrogen-bond acceptors (Lipinski definition) is 3. The molecule has 26 heavy (non-hydrogen) atoms. The summed E-state index contributed by atoms with van der Waals surface area (Å²) < 4.78 is 26.2. The van der Waals surface area contributed by atoms with Gasteiger partial charge in [0.05, 0.1) is 27.5 Å². The first kappa shape index (κ1) is 18.1. The SMILES string of the molecule is O=C(Nc1ccc(F)c(F)c1)c1cncc(Nc2ccc(Cl)c(Cl)c2)c1. The van der Waals surface area contributed by atoms with Crippen molar-refractivity contribution in [1.82, 2.24) is 4.98 Å². The van der Waals surface area contributed by atoms with Crippen LogP contribution in [-0.4, -0.2) is 10.9 Å². The summed E-state index contributed by atoms with van der Waals surface area (Å²) in [5.41, 5.74) is 1.58. The van der Waals surface area contributed by atoms with E-state index >= 15 is 0 Å². The zero-order valence-electron chi connectivity index (χ0n) is 13.1. The Kier molecular flexibility index (Phi) is 5.35. The number of carbonyl (C=O) groups is 1. The molecule has 0 aliphatic carbocycles. The van der Waals surface area contributed by atoms with E-state index in [2.05, 4.69) is 15.6 Å². The molecule has 4 nitrogen and oxygen atoms in total. The Labute approximate surface area is 157 Å². The summed E-state index contributed by atoms with van der Waals surface area (Å²) in [5.74, 6) is -2.55. The molecular weight excluding hydrogens is 383 g/mol. The monoisotopic (exact) mass is 393 g/mol. The van der Waals surface area contributed by atoms with Crippen molar-refractivity contribution in [3.8, 4) is 0 Å². The van der Waals surface area contributed by atoms with E-state index in [-0.39, 0.29) is 11.3 Å². The molecule has 0 unspecified atom stereocenters. The largest absolute Gasteiger partial charge is 0.354 e. The van der Waals surface area contributed by atoms with Gasteiger partial charge in [-0.25, -0.2) is 8.78 Å². The lowest BCUT2D eigenvalue weighted by Crippen LogP contribution is -2.12. The van der Waals surface area contributed by atoms with E-state index in [1.165, 1.54) is 18.5 Å². The first-order valence-electron chi connectivity index (χ1n) is 7.36. The maximum atomic E-state index is 13.2. The molecule has 3 aromatic rings. The fourth-order valence-electron chi connectivity index (χ4n) is 2.15. The van der Waals surface area contributed by atoms with Crippen LogP contribution in [0.3, 0.4) is 0 Å². The lowest BCUT2D eigenvalue weighted by Gasteiger charge is -2.09. The maximum Gasteiger partial charge on any atom is 0.257 e. The molecule has 132 valence electrons. The van der Waals surface area contributed by atoms with Crippen LogP contribution in [0.25, 0.3) is 0 Å². The Balaban J connectivity index is 1.76. The van der Waals surface area contributed by atoms with Crippen molar-refractivity contribution in [1.29, 1.82) is 0 Å². The van der Waals surface area contributed by atoms with Crippen LogP contribution < -0.4 is 10.6 Å². The molecule has 1 heterocycles. The Morgan fingerprint density at radius 3 is 2.35 bits per heavy atom. The maximum absolute atomic E-state index is 13.2. The van der Waals surface area contributed by atoms with Gasteiger partial charge in [0.15, 0.2) is 11.6 Å². The minimum atomic E-state index is -1.05. The molecule has 0 spiro atoms. The van der Waals surface area contributed by atoms with Crippen molar-refractivity contribution in [2.75, 3.05) is 10.6 Å². The number of aromatic nitrogens is 1. The summed E-state index contributed by atoms with van der Waals surface area (Å²) in [7, 11) is 0. The number of rotatable bonds is 4. The van der Waals surface area contributed by atoms with Gasteiger partial charge in [0.2, 0.25) is 0 Å². The molecule has 1 aromatic heterocycles. The van der Waals surface area contributed by atoms with Gasteiger partial charge in [0, 0.05) is 23.6 Å². The van der Waals surface area contributed by atoms with Gasteiger partial charge in [-0.3, -0.25) is 9.78 Å². The molecule has 0 saturated heterocycles. The topological polar surface area (TPSA) is 54.0 Å². The van der Waals surface area contributed by atoms with Gasteiger partial charge in [0.25, 0.3) is 5.91 Å². The fraction of sp³-hybridized carbons (Fsp3) is 0. The number of nitrogens with zero attached hydrogens (tertiary/aromatic N) is 1. The number of pyridine rings is 1. The molecule has 0 atom stereocenters. The third kappa shape index (κ3) is 4.28. The van der Waals surface area contributed by atoms with Gasteiger partial charge in [-0.1, -0.05) is 23.2 Å². The molecule has 3 rings (SSSR count). The summed E-state index contributed by atoms with van der Waals surface area (Å²) in [4.78, 5) is 16.3. The van der Waals surface area contributed by atoms with Crippen LogP contribution in [0.15, 0.2) is 54.9 Å². The number of nitrogens with one attached hydrogen (secondary N) is 2. The van der Waals surface area contributed by atoms with Crippen molar-refractivity contribution in [3.63, 3.8) is 0 Å². The van der Waals surface area contributed by atoms with Crippen LogP contribution in [0.4, 0.5) is 25.8 Å². The average molecular weight is 394 g/mol. The second kappa shape index (κ2) is 7.68. The molecule has 0 saturated carbocycles. The van der Waals surface area contributed by atoms with E-state index in [1.807, 2.05) is 0 Å². The Bertz CT molecular complexity index is 982. The normalized spacial score (nSPS) is 10.5. The molecule has 2 aromatic carbocycles. The van der Waals surface area contributed by atoms with Crippen LogP contribution in [0, 0.1) is 11.6 Å². The number of carbonyl (C=O) groups excluding carboxylic acids is 1. The van der Waals surface area contributed by atoms with E-state index in [9.17, 15) is 13.6 Å². The van der Waals surface area contributed by atoms with Crippen LogP contribution in [0.1, 0.15) is 10.4 Å². The van der Waals surface area contributed by atoms with Crippen molar-refractivity contribution >= 4 is 46.2 Å². The smallest absolute Gasteiger partial charge is 0.257 e. The summed E-state index contributed by atoms with van der Waals surface area (Å²) in [6.07, 6.45) is 2.88. The zero-order chi connectivity index (χ0) is 18.7.